The average Bonchev–Trinajstić information content (AvgIpc) is 2.94. The number of aromatic nitrogens is 2. The summed E-state index contributed by atoms with van der Waals surface area (Å²) in [6.45, 7) is 4.15. The molecule has 140 valence electrons. The van der Waals surface area contributed by atoms with Crippen LogP contribution in [0.5, 0.6) is 5.75 Å². The Bertz CT molecular complexity index is 895. The van der Waals surface area contributed by atoms with Crippen LogP contribution in [-0.4, -0.2) is 53.7 Å². The summed E-state index contributed by atoms with van der Waals surface area (Å²) >= 11 is 0. The maximum absolute atomic E-state index is 12.6. The lowest BCUT2D eigenvalue weighted by molar-refractivity contribution is 0.0708. The largest absolute Gasteiger partial charge is 0.507 e. The van der Waals surface area contributed by atoms with Gasteiger partial charge in [-0.1, -0.05) is 12.1 Å². The van der Waals surface area contributed by atoms with Crippen LogP contribution < -0.4 is 4.72 Å². The first-order valence-corrected chi connectivity index (χ1v) is 9.89. The zero-order valence-electron chi connectivity index (χ0n) is 14.7. The van der Waals surface area contributed by atoms with Gasteiger partial charge in [-0.3, -0.25) is 9.89 Å². The van der Waals surface area contributed by atoms with Gasteiger partial charge in [0, 0.05) is 19.1 Å². The molecule has 1 aliphatic rings. The van der Waals surface area contributed by atoms with Crippen LogP contribution in [0, 0.1) is 13.8 Å². The molecular weight excluding hydrogens is 356 g/mol. The Balaban J connectivity index is 1.64. The number of aromatic hydroxyl groups is 1. The van der Waals surface area contributed by atoms with Crippen LogP contribution in [0.15, 0.2) is 29.2 Å². The molecule has 0 unspecified atom stereocenters. The lowest BCUT2D eigenvalue weighted by atomic mass is 10.0. The van der Waals surface area contributed by atoms with E-state index >= 15 is 0 Å². The van der Waals surface area contributed by atoms with Crippen LogP contribution in [-0.2, 0) is 10.0 Å². The third-order valence-corrected chi connectivity index (χ3v) is 6.35. The fourth-order valence-electron chi connectivity index (χ4n) is 3.24. The predicted molar refractivity (Wildman–Crippen MR) is 95.4 cm³/mol. The molecule has 0 saturated carbocycles. The van der Waals surface area contributed by atoms with Crippen LogP contribution in [0.4, 0.5) is 0 Å². The van der Waals surface area contributed by atoms with Crippen molar-refractivity contribution in [2.45, 2.75) is 37.6 Å². The Morgan fingerprint density at radius 3 is 2.50 bits per heavy atom. The number of aryl methyl sites for hydroxylation is 2. The molecule has 9 heteroatoms. The number of aromatic amines is 1. The summed E-state index contributed by atoms with van der Waals surface area (Å²) in [5.41, 5.74) is 1.19. The number of piperidine rings is 1. The van der Waals surface area contributed by atoms with Gasteiger partial charge in [0.15, 0.2) is 0 Å². The van der Waals surface area contributed by atoms with Crippen molar-refractivity contribution in [2.24, 2.45) is 0 Å². The summed E-state index contributed by atoms with van der Waals surface area (Å²) in [5.74, 6) is -0.294. The van der Waals surface area contributed by atoms with Gasteiger partial charge in [0.25, 0.3) is 5.91 Å². The third kappa shape index (κ3) is 3.58. The number of para-hydroxylation sites is 1. The van der Waals surface area contributed by atoms with Gasteiger partial charge in [0.1, 0.15) is 10.6 Å². The minimum atomic E-state index is -3.66. The number of hydrogen-bond donors (Lipinski definition) is 3. The highest BCUT2D eigenvalue weighted by molar-refractivity contribution is 7.89. The first kappa shape index (κ1) is 18.4. The number of rotatable bonds is 4. The zero-order valence-corrected chi connectivity index (χ0v) is 15.5. The normalized spacial score (nSPS) is 16.0. The number of hydrogen-bond acceptors (Lipinski definition) is 5. The number of amides is 1. The van der Waals surface area contributed by atoms with Gasteiger partial charge < -0.3 is 10.0 Å². The number of likely N-dealkylation sites (tertiary alicyclic amines) is 1. The second-order valence-corrected chi connectivity index (χ2v) is 8.12. The predicted octanol–water partition coefficient (Wildman–Crippen LogP) is 1.32. The van der Waals surface area contributed by atoms with E-state index in [-0.39, 0.29) is 28.2 Å². The van der Waals surface area contributed by atoms with Gasteiger partial charge in [-0.25, -0.2) is 13.1 Å². The smallest absolute Gasteiger partial charge is 0.257 e. The summed E-state index contributed by atoms with van der Waals surface area (Å²) in [6.07, 6.45) is 1.02. The van der Waals surface area contributed by atoms with Crippen molar-refractivity contribution in [1.29, 1.82) is 0 Å². The van der Waals surface area contributed by atoms with E-state index in [9.17, 15) is 18.3 Å². The molecule has 0 radical (unpaired) electrons. The molecule has 0 atom stereocenters. The highest BCUT2D eigenvalue weighted by Gasteiger charge is 2.30. The highest BCUT2D eigenvalue weighted by atomic mass is 32.2. The molecule has 0 bridgehead atoms. The van der Waals surface area contributed by atoms with Crippen LogP contribution in [0.1, 0.15) is 34.6 Å². The fraction of sp³-hybridized carbons (Fsp3) is 0.412. The van der Waals surface area contributed by atoms with E-state index in [0.29, 0.717) is 37.3 Å². The number of carbonyl (C=O) groups is 1. The molecular formula is C17H22N4O4S. The van der Waals surface area contributed by atoms with Crippen LogP contribution in [0.25, 0.3) is 0 Å². The topological polar surface area (TPSA) is 115 Å². The molecule has 3 rings (SSSR count). The molecule has 1 aliphatic heterocycles. The average molecular weight is 378 g/mol. The first-order chi connectivity index (χ1) is 12.3. The van der Waals surface area contributed by atoms with Gasteiger partial charge >= 0.3 is 0 Å². The van der Waals surface area contributed by atoms with E-state index in [2.05, 4.69) is 14.9 Å². The maximum atomic E-state index is 12.6. The van der Waals surface area contributed by atoms with Crippen molar-refractivity contribution < 1.29 is 18.3 Å². The first-order valence-electron chi connectivity index (χ1n) is 8.41. The van der Waals surface area contributed by atoms with Gasteiger partial charge in [-0.2, -0.15) is 5.10 Å². The van der Waals surface area contributed by atoms with Crippen molar-refractivity contribution >= 4 is 15.9 Å². The Labute approximate surface area is 152 Å². The van der Waals surface area contributed by atoms with E-state index in [1.165, 1.54) is 6.07 Å². The lowest BCUT2D eigenvalue weighted by Gasteiger charge is -2.32. The Hall–Kier alpha value is -2.39. The zero-order chi connectivity index (χ0) is 18.9. The van der Waals surface area contributed by atoms with E-state index in [1.54, 1.807) is 36.9 Å². The summed E-state index contributed by atoms with van der Waals surface area (Å²) in [7, 11) is -3.66. The third-order valence-electron chi connectivity index (χ3n) is 4.57. The molecule has 1 fully saturated rings. The number of nitrogens with one attached hydrogen (secondary N) is 2. The molecule has 1 aromatic heterocycles. The van der Waals surface area contributed by atoms with Crippen LogP contribution in [0.3, 0.4) is 0 Å². The Morgan fingerprint density at radius 1 is 1.27 bits per heavy atom. The van der Waals surface area contributed by atoms with Gasteiger partial charge in [0.05, 0.1) is 17.0 Å². The minimum absolute atomic E-state index is 0.0498. The monoisotopic (exact) mass is 378 g/mol. The molecule has 8 nitrogen and oxygen atoms in total. The number of H-pyrrole nitrogens is 1. The minimum Gasteiger partial charge on any atom is -0.507 e. The molecule has 2 heterocycles. The van der Waals surface area contributed by atoms with Gasteiger partial charge in [-0.05, 0) is 38.8 Å². The number of phenols is 1. The molecule has 26 heavy (non-hydrogen) atoms. The van der Waals surface area contributed by atoms with E-state index in [1.807, 2.05) is 0 Å². The van der Waals surface area contributed by atoms with E-state index in [0.717, 1.165) is 0 Å². The number of sulfonamides is 1. The van der Waals surface area contributed by atoms with Gasteiger partial charge in [-0.15, -0.1) is 0 Å². The molecule has 1 amide bonds. The van der Waals surface area contributed by atoms with Gasteiger partial charge in [0.2, 0.25) is 10.0 Å². The molecule has 0 aliphatic carbocycles. The Morgan fingerprint density at radius 2 is 1.92 bits per heavy atom. The summed E-state index contributed by atoms with van der Waals surface area (Å²) in [6, 6.07) is 6.17. The number of benzene rings is 1. The summed E-state index contributed by atoms with van der Waals surface area (Å²) in [4.78, 5) is 14.3. The van der Waals surface area contributed by atoms with Crippen molar-refractivity contribution in [3.05, 3.63) is 41.2 Å². The molecule has 3 N–H and O–H groups in total. The quantitative estimate of drug-likeness (QED) is 0.742. The van der Waals surface area contributed by atoms with Crippen molar-refractivity contribution in [3.63, 3.8) is 0 Å². The lowest BCUT2D eigenvalue weighted by Crippen LogP contribution is -2.46. The highest BCUT2D eigenvalue weighted by Crippen LogP contribution is 2.22. The number of nitrogens with zero attached hydrogens (tertiary/aromatic N) is 2. The van der Waals surface area contributed by atoms with E-state index < -0.39 is 10.0 Å². The maximum Gasteiger partial charge on any atom is 0.257 e. The second-order valence-electron chi connectivity index (χ2n) is 6.47. The van der Waals surface area contributed by atoms with E-state index in [4.69, 9.17) is 0 Å². The standard InChI is InChI=1S/C17H22N4O4S/c1-11-16(12(2)19-18-11)26(24,25)20-13-7-9-21(10-8-13)17(23)14-5-3-4-6-15(14)22/h3-6,13,20,22H,7-10H2,1-2H3,(H,18,19). The molecule has 1 aromatic carbocycles. The molecule has 2 aromatic rings. The van der Waals surface area contributed by atoms with Crippen molar-refractivity contribution in [2.75, 3.05) is 13.1 Å². The Kier molecular flexibility index (Phi) is 5.01. The molecule has 0 spiro atoms. The van der Waals surface area contributed by atoms with Crippen molar-refractivity contribution in [1.82, 2.24) is 19.8 Å². The SMILES string of the molecule is Cc1n[nH]c(C)c1S(=O)(=O)NC1CCN(C(=O)c2ccccc2O)CC1. The van der Waals surface area contributed by atoms with Crippen molar-refractivity contribution in [3.8, 4) is 5.75 Å². The van der Waals surface area contributed by atoms with Crippen LogP contribution >= 0.6 is 0 Å². The second kappa shape index (κ2) is 7.08. The number of phenolic OH excluding ortho intramolecular Hbond substituents is 1. The number of carbonyl (C=O) groups excluding carboxylic acids is 1. The fourth-order valence-corrected chi connectivity index (χ4v) is 4.92. The summed E-state index contributed by atoms with van der Waals surface area (Å²) in [5, 5.41) is 16.4. The summed E-state index contributed by atoms with van der Waals surface area (Å²) < 4.78 is 27.9. The molecule has 1 saturated heterocycles. The van der Waals surface area contributed by atoms with Crippen LogP contribution in [0.2, 0.25) is 0 Å².